The largest absolute Gasteiger partial charge is 0.387 e. The van der Waals surface area contributed by atoms with Gasteiger partial charge in [0.05, 0.1) is 19.5 Å². The maximum absolute atomic E-state index is 11.0. The molecule has 39 heavy (non-hydrogen) atoms. The van der Waals surface area contributed by atoms with Crippen LogP contribution in [-0.2, 0) is 9.47 Å². The van der Waals surface area contributed by atoms with Crippen LogP contribution in [0.15, 0.2) is 10.9 Å². The summed E-state index contributed by atoms with van der Waals surface area (Å²) in [6.07, 6.45) is 1.02. The van der Waals surface area contributed by atoms with Gasteiger partial charge in [-0.2, -0.15) is 15.0 Å². The maximum Gasteiger partial charge on any atom is 0.258 e. The van der Waals surface area contributed by atoms with E-state index in [9.17, 15) is 10.2 Å². The Balaban J connectivity index is 1.27. The number of hydrogen-bond donors (Lipinski definition) is 4. The average molecular weight is 544 g/mol. The monoisotopic (exact) mass is 543 g/mol. The fraction of sp³-hybridized carbons (Fsp3) is 0.720. The highest BCUT2D eigenvalue weighted by Crippen LogP contribution is 2.42. The molecular formula is C25H37N9O5. The lowest BCUT2D eigenvalue weighted by atomic mass is 10.1. The smallest absolute Gasteiger partial charge is 0.258 e. The molecule has 3 aromatic rings. The Morgan fingerprint density at radius 3 is 2.62 bits per heavy atom. The molecule has 0 radical (unpaired) electrons. The minimum atomic E-state index is -1.26. The van der Waals surface area contributed by atoms with Crippen molar-refractivity contribution in [2.24, 2.45) is 0 Å². The summed E-state index contributed by atoms with van der Waals surface area (Å²) in [5.74, 6) is 2.13. The minimum absolute atomic E-state index is 0.159. The number of ether oxygens (including phenoxy) is 2. The van der Waals surface area contributed by atoms with Crippen molar-refractivity contribution in [1.82, 2.24) is 34.6 Å². The number of nitrogens with one attached hydrogen (secondary N) is 2. The summed E-state index contributed by atoms with van der Waals surface area (Å²) in [6.45, 7) is 9.03. The average Bonchev–Trinajstić information content (AvgIpc) is 3.42. The number of rotatable bonds is 11. The second-order valence-electron chi connectivity index (χ2n) is 10.5. The Morgan fingerprint density at radius 1 is 1.08 bits per heavy atom. The maximum atomic E-state index is 11.0. The highest BCUT2D eigenvalue weighted by atomic mass is 16.6. The van der Waals surface area contributed by atoms with Crippen LogP contribution >= 0.6 is 0 Å². The standard InChI is InChI=1S/C25H37N9O5/c1-3-15(4-2)28-21-16-22(31-25(30-21)26-7-8-33-9-11-37-12-10-33)34(13-27-16)24-18(36)17(35)19(38-24)23-29-20(32-39-23)14-5-6-14/h13-15,17-19,24,35-36H,3-12H2,1-2H3,(H2,26,28,30,31)/t17-,18+,19-,24+/m0/s1. The van der Waals surface area contributed by atoms with E-state index in [0.717, 1.165) is 58.5 Å². The lowest BCUT2D eigenvalue weighted by Gasteiger charge is -2.26. The van der Waals surface area contributed by atoms with Gasteiger partial charge in [0.25, 0.3) is 5.89 Å². The summed E-state index contributed by atoms with van der Waals surface area (Å²) in [6, 6.07) is 0.215. The molecule has 1 saturated carbocycles. The number of anilines is 2. The summed E-state index contributed by atoms with van der Waals surface area (Å²) >= 11 is 0. The van der Waals surface area contributed by atoms with Gasteiger partial charge in [0.1, 0.15) is 12.2 Å². The predicted octanol–water partition coefficient (Wildman–Crippen LogP) is 1.42. The Bertz CT molecular complexity index is 1250. The van der Waals surface area contributed by atoms with Gasteiger partial charge in [-0.25, -0.2) is 4.98 Å². The molecule has 5 heterocycles. The number of aliphatic hydroxyl groups excluding tert-OH is 2. The van der Waals surface area contributed by atoms with Crippen LogP contribution in [0.2, 0.25) is 0 Å². The summed E-state index contributed by atoms with van der Waals surface area (Å²) < 4.78 is 18.6. The van der Waals surface area contributed by atoms with Crippen molar-refractivity contribution in [1.29, 1.82) is 0 Å². The van der Waals surface area contributed by atoms with E-state index in [1.165, 1.54) is 0 Å². The first kappa shape index (κ1) is 26.3. The van der Waals surface area contributed by atoms with Crippen molar-refractivity contribution < 1.29 is 24.2 Å². The molecule has 0 aromatic carbocycles. The molecule has 14 heteroatoms. The molecular weight excluding hydrogens is 506 g/mol. The zero-order valence-electron chi connectivity index (χ0n) is 22.4. The molecule has 3 fully saturated rings. The van der Waals surface area contributed by atoms with Crippen LogP contribution in [0.1, 0.15) is 69.5 Å². The Hall–Kier alpha value is -2.91. The first-order valence-electron chi connectivity index (χ1n) is 14.0. The molecule has 3 aromatic heterocycles. The molecule has 4 N–H and O–H groups in total. The second-order valence-corrected chi connectivity index (χ2v) is 10.5. The van der Waals surface area contributed by atoms with E-state index >= 15 is 0 Å². The molecule has 14 nitrogen and oxygen atoms in total. The topological polar surface area (TPSA) is 169 Å². The van der Waals surface area contributed by atoms with E-state index in [0.29, 0.717) is 41.2 Å². The highest BCUT2D eigenvalue weighted by molar-refractivity contribution is 5.84. The van der Waals surface area contributed by atoms with Crippen molar-refractivity contribution in [2.75, 3.05) is 50.0 Å². The van der Waals surface area contributed by atoms with Gasteiger partial charge in [0.15, 0.2) is 35.1 Å². The molecule has 0 spiro atoms. The fourth-order valence-electron chi connectivity index (χ4n) is 5.08. The summed E-state index contributed by atoms with van der Waals surface area (Å²) in [4.78, 5) is 20.8. The van der Waals surface area contributed by atoms with Gasteiger partial charge < -0.3 is 34.8 Å². The molecule has 2 aliphatic heterocycles. The Morgan fingerprint density at radius 2 is 1.87 bits per heavy atom. The van der Waals surface area contributed by atoms with Crippen LogP contribution < -0.4 is 10.6 Å². The molecule has 4 atom stereocenters. The van der Waals surface area contributed by atoms with Gasteiger partial charge >= 0.3 is 0 Å². The van der Waals surface area contributed by atoms with Crippen LogP contribution in [0.4, 0.5) is 11.8 Å². The van der Waals surface area contributed by atoms with Crippen molar-refractivity contribution >= 4 is 22.9 Å². The molecule has 2 saturated heterocycles. The van der Waals surface area contributed by atoms with E-state index < -0.39 is 24.5 Å². The normalized spacial score (nSPS) is 26.1. The van der Waals surface area contributed by atoms with Crippen LogP contribution in [0.3, 0.4) is 0 Å². The zero-order valence-corrected chi connectivity index (χ0v) is 22.4. The predicted molar refractivity (Wildman–Crippen MR) is 140 cm³/mol. The van der Waals surface area contributed by atoms with Crippen molar-refractivity contribution in [3.63, 3.8) is 0 Å². The molecule has 0 bridgehead atoms. The van der Waals surface area contributed by atoms with Crippen LogP contribution in [-0.4, -0.2) is 102 Å². The van der Waals surface area contributed by atoms with Crippen molar-refractivity contribution in [2.45, 2.75) is 76.0 Å². The van der Waals surface area contributed by atoms with Gasteiger partial charge in [-0.15, -0.1) is 0 Å². The first-order valence-corrected chi connectivity index (χ1v) is 14.0. The highest BCUT2D eigenvalue weighted by Gasteiger charge is 2.48. The third-order valence-corrected chi connectivity index (χ3v) is 7.72. The summed E-state index contributed by atoms with van der Waals surface area (Å²) in [5.41, 5.74) is 1.04. The molecule has 1 aliphatic carbocycles. The Kier molecular flexibility index (Phi) is 7.62. The quantitative estimate of drug-likeness (QED) is 0.274. The van der Waals surface area contributed by atoms with Crippen LogP contribution in [0.5, 0.6) is 0 Å². The summed E-state index contributed by atoms with van der Waals surface area (Å²) in [7, 11) is 0. The van der Waals surface area contributed by atoms with Crippen LogP contribution in [0.25, 0.3) is 11.2 Å². The number of aliphatic hydroxyl groups is 2. The van der Waals surface area contributed by atoms with Crippen molar-refractivity contribution in [3.8, 4) is 0 Å². The molecule has 6 rings (SSSR count). The van der Waals surface area contributed by atoms with E-state index in [1.807, 2.05) is 0 Å². The number of imidazole rings is 1. The van der Waals surface area contributed by atoms with E-state index in [1.54, 1.807) is 10.9 Å². The lowest BCUT2D eigenvalue weighted by molar-refractivity contribution is -0.0451. The number of morpholine rings is 1. The Labute approximate surface area is 226 Å². The van der Waals surface area contributed by atoms with Crippen LogP contribution in [0, 0.1) is 0 Å². The van der Waals surface area contributed by atoms with Gasteiger partial charge in [-0.1, -0.05) is 19.0 Å². The SMILES string of the molecule is CCC(CC)Nc1nc(NCCN2CCOCC2)nc2c1ncn2[C@@H]1O[C@H](c2nc(C3CC3)no2)[C@@H](O)[C@H]1O. The molecule has 3 aliphatic rings. The zero-order chi connectivity index (χ0) is 26.9. The lowest BCUT2D eigenvalue weighted by Crippen LogP contribution is -2.39. The third-order valence-electron chi connectivity index (χ3n) is 7.72. The van der Waals surface area contributed by atoms with Gasteiger partial charge in [0, 0.05) is 38.1 Å². The van der Waals surface area contributed by atoms with Crippen molar-refractivity contribution in [3.05, 3.63) is 18.0 Å². The number of nitrogens with zero attached hydrogens (tertiary/aromatic N) is 7. The molecule has 0 amide bonds. The second kappa shape index (κ2) is 11.3. The molecule has 212 valence electrons. The van der Waals surface area contributed by atoms with E-state index in [-0.39, 0.29) is 11.9 Å². The molecule has 0 unspecified atom stereocenters. The first-order chi connectivity index (χ1) is 19.1. The van der Waals surface area contributed by atoms with Gasteiger partial charge in [-0.3, -0.25) is 9.47 Å². The number of aromatic nitrogens is 6. The number of hydrogen-bond acceptors (Lipinski definition) is 13. The third kappa shape index (κ3) is 5.43. The van der Waals surface area contributed by atoms with Gasteiger partial charge in [-0.05, 0) is 25.7 Å². The van der Waals surface area contributed by atoms with E-state index in [4.69, 9.17) is 24.0 Å². The number of fused-ring (bicyclic) bond motifs is 1. The fourth-order valence-corrected chi connectivity index (χ4v) is 5.08. The van der Waals surface area contributed by atoms with E-state index in [2.05, 4.69) is 44.5 Å². The van der Waals surface area contributed by atoms with Gasteiger partial charge in [0.2, 0.25) is 5.95 Å². The minimum Gasteiger partial charge on any atom is -0.387 e. The summed E-state index contributed by atoms with van der Waals surface area (Å²) in [5, 5.41) is 32.7.